The molecule has 134 valence electrons. The van der Waals surface area contributed by atoms with E-state index in [9.17, 15) is 4.79 Å². The van der Waals surface area contributed by atoms with E-state index in [1.807, 2.05) is 12.1 Å². The molecule has 2 atom stereocenters. The van der Waals surface area contributed by atoms with E-state index < -0.39 is 0 Å². The van der Waals surface area contributed by atoms with Crippen molar-refractivity contribution < 1.29 is 13.9 Å². The second kappa shape index (κ2) is 6.97. The van der Waals surface area contributed by atoms with Gasteiger partial charge in [0.2, 0.25) is 0 Å². The minimum atomic E-state index is 0.00515. The molecule has 0 saturated carbocycles. The van der Waals surface area contributed by atoms with Crippen molar-refractivity contribution in [3.63, 3.8) is 0 Å². The van der Waals surface area contributed by atoms with Gasteiger partial charge in [0.15, 0.2) is 0 Å². The van der Waals surface area contributed by atoms with E-state index in [0.717, 1.165) is 17.3 Å². The minimum Gasteiger partial charge on any atom is -0.452 e. The Morgan fingerprint density at radius 3 is 2.88 bits per heavy atom. The van der Waals surface area contributed by atoms with Crippen molar-refractivity contribution in [3.05, 3.63) is 17.0 Å². The number of aromatic nitrogens is 2. The monoisotopic (exact) mass is 380 g/mol. The van der Waals surface area contributed by atoms with E-state index in [2.05, 4.69) is 27.3 Å². The van der Waals surface area contributed by atoms with Crippen LogP contribution in [0.1, 0.15) is 29.4 Å². The first-order chi connectivity index (χ1) is 12.1. The van der Waals surface area contributed by atoms with Crippen LogP contribution in [-0.2, 0) is 0 Å². The van der Waals surface area contributed by atoms with Crippen molar-refractivity contribution in [1.82, 2.24) is 20.4 Å². The normalized spacial score (nSPS) is 28.1. The van der Waals surface area contributed by atoms with Crippen molar-refractivity contribution in [2.45, 2.75) is 41.3 Å². The molecular formula is C16H20N4O3S2. The van der Waals surface area contributed by atoms with Crippen LogP contribution in [0, 0.1) is 5.92 Å². The van der Waals surface area contributed by atoms with Crippen LogP contribution in [0.2, 0.25) is 0 Å². The lowest BCUT2D eigenvalue weighted by molar-refractivity contribution is 0.0218. The Labute approximate surface area is 154 Å². The predicted molar refractivity (Wildman–Crippen MR) is 94.3 cm³/mol. The highest BCUT2D eigenvalue weighted by Crippen LogP contribution is 2.35. The van der Waals surface area contributed by atoms with Gasteiger partial charge < -0.3 is 14.5 Å². The van der Waals surface area contributed by atoms with Gasteiger partial charge in [0.1, 0.15) is 0 Å². The number of rotatable bonds is 5. The standard InChI is InChI=1S/C16H20N4O3S2/c1-9-13(10-5-7-20(9)8-6-10)17-14(21)11-3-4-12(24-11)25-16-19-18-15(22-2)23-16/h3-4,9-10,13H,5-8H2,1-2H3,(H,17,21)/t9-,13+/m1/s1. The van der Waals surface area contributed by atoms with Crippen molar-refractivity contribution in [2.75, 3.05) is 20.2 Å². The molecule has 3 aliphatic heterocycles. The molecule has 0 aromatic carbocycles. The number of methoxy groups -OCH3 is 1. The van der Waals surface area contributed by atoms with Gasteiger partial charge in [0.05, 0.1) is 16.2 Å². The van der Waals surface area contributed by atoms with E-state index in [1.54, 1.807) is 0 Å². The number of carbonyl (C=O) groups excluding carboxylic acids is 1. The number of thiophene rings is 1. The number of piperidine rings is 3. The van der Waals surface area contributed by atoms with Crippen molar-refractivity contribution >= 4 is 29.0 Å². The topological polar surface area (TPSA) is 80.5 Å². The lowest BCUT2D eigenvalue weighted by atomic mass is 9.79. The van der Waals surface area contributed by atoms with E-state index >= 15 is 0 Å². The Morgan fingerprint density at radius 2 is 2.20 bits per heavy atom. The number of nitrogens with zero attached hydrogens (tertiary/aromatic N) is 3. The second-order valence-corrected chi connectivity index (χ2v) is 8.71. The first-order valence-corrected chi connectivity index (χ1v) is 9.97. The van der Waals surface area contributed by atoms with Crippen molar-refractivity contribution in [2.24, 2.45) is 5.92 Å². The van der Waals surface area contributed by atoms with Crippen LogP contribution in [0.5, 0.6) is 6.08 Å². The zero-order chi connectivity index (χ0) is 17.4. The predicted octanol–water partition coefficient (Wildman–Crippen LogP) is 2.50. The molecule has 3 aliphatic rings. The van der Waals surface area contributed by atoms with Crippen molar-refractivity contribution in [3.8, 4) is 6.08 Å². The summed E-state index contributed by atoms with van der Waals surface area (Å²) in [6.07, 6.45) is 2.49. The average molecular weight is 380 g/mol. The molecule has 0 radical (unpaired) electrons. The van der Waals surface area contributed by atoms with Gasteiger partial charge in [0, 0.05) is 12.1 Å². The number of amides is 1. The average Bonchev–Trinajstić information content (AvgIpc) is 3.28. The SMILES string of the molecule is COc1nnc(Sc2ccc(C(=O)N[C@@H]3C4CCN(CC4)[C@@H]3C)s2)o1. The molecule has 3 fully saturated rings. The lowest BCUT2D eigenvalue weighted by Gasteiger charge is -2.49. The number of fused-ring (bicyclic) bond motifs is 3. The molecule has 2 aromatic heterocycles. The van der Waals surface area contributed by atoms with Gasteiger partial charge in [-0.1, -0.05) is 10.2 Å². The highest BCUT2D eigenvalue weighted by atomic mass is 32.2. The van der Waals surface area contributed by atoms with Gasteiger partial charge in [-0.2, -0.15) is 0 Å². The Bertz CT molecular complexity index is 752. The molecular weight excluding hydrogens is 360 g/mol. The van der Waals surface area contributed by atoms with Crippen LogP contribution in [0.3, 0.4) is 0 Å². The third-order valence-corrected chi connectivity index (χ3v) is 7.09. The number of nitrogens with one attached hydrogen (secondary N) is 1. The zero-order valence-electron chi connectivity index (χ0n) is 14.1. The Kier molecular flexibility index (Phi) is 4.70. The largest absolute Gasteiger partial charge is 0.452 e. The van der Waals surface area contributed by atoms with E-state index in [4.69, 9.17) is 9.15 Å². The highest BCUT2D eigenvalue weighted by Gasteiger charge is 2.40. The number of ether oxygens (including phenoxy) is 1. The molecule has 0 aliphatic carbocycles. The molecule has 9 heteroatoms. The molecule has 1 amide bonds. The highest BCUT2D eigenvalue weighted by molar-refractivity contribution is 8.01. The Balaban J connectivity index is 1.40. The van der Waals surface area contributed by atoms with Gasteiger partial charge in [-0.3, -0.25) is 9.69 Å². The van der Waals surface area contributed by atoms with Gasteiger partial charge in [-0.25, -0.2) is 0 Å². The maximum atomic E-state index is 12.7. The number of carbonyl (C=O) groups is 1. The van der Waals surface area contributed by atoms with Gasteiger partial charge in [0.25, 0.3) is 11.1 Å². The molecule has 2 bridgehead atoms. The van der Waals surface area contributed by atoms with Crippen molar-refractivity contribution in [1.29, 1.82) is 0 Å². The third-order valence-electron chi connectivity index (χ3n) is 5.03. The fourth-order valence-corrected chi connectivity index (χ4v) is 5.46. The van der Waals surface area contributed by atoms with Crippen LogP contribution in [0.15, 0.2) is 26.0 Å². The molecule has 5 rings (SSSR count). The summed E-state index contributed by atoms with van der Waals surface area (Å²) in [6, 6.07) is 4.41. The summed E-state index contributed by atoms with van der Waals surface area (Å²) >= 11 is 2.76. The zero-order valence-corrected chi connectivity index (χ0v) is 15.7. The molecule has 1 N–H and O–H groups in total. The summed E-state index contributed by atoms with van der Waals surface area (Å²) in [5.41, 5.74) is 0. The van der Waals surface area contributed by atoms with Crippen LogP contribution in [0.4, 0.5) is 0 Å². The van der Waals surface area contributed by atoms with E-state index in [1.165, 1.54) is 43.1 Å². The maximum absolute atomic E-state index is 12.7. The summed E-state index contributed by atoms with van der Waals surface area (Å²) < 4.78 is 11.1. The van der Waals surface area contributed by atoms with Crippen LogP contribution in [0.25, 0.3) is 0 Å². The molecule has 7 nitrogen and oxygen atoms in total. The fourth-order valence-electron chi connectivity index (χ4n) is 3.67. The smallest absolute Gasteiger partial charge is 0.415 e. The van der Waals surface area contributed by atoms with Gasteiger partial charge >= 0.3 is 6.08 Å². The molecule has 0 spiro atoms. The van der Waals surface area contributed by atoms with Crippen LogP contribution >= 0.6 is 23.1 Å². The molecule has 0 unspecified atom stereocenters. The molecule has 5 heterocycles. The Morgan fingerprint density at radius 1 is 1.40 bits per heavy atom. The summed E-state index contributed by atoms with van der Waals surface area (Å²) in [6.45, 7) is 4.53. The maximum Gasteiger partial charge on any atom is 0.415 e. The first-order valence-electron chi connectivity index (χ1n) is 8.34. The summed E-state index contributed by atoms with van der Waals surface area (Å²) in [5.74, 6) is 0.606. The lowest BCUT2D eigenvalue weighted by Crippen LogP contribution is -2.62. The minimum absolute atomic E-state index is 0.00515. The molecule has 25 heavy (non-hydrogen) atoms. The third kappa shape index (κ3) is 3.40. The molecule has 3 saturated heterocycles. The summed E-state index contributed by atoms with van der Waals surface area (Å²) in [5, 5.41) is 11.3. The second-order valence-electron chi connectivity index (χ2n) is 6.37. The first kappa shape index (κ1) is 16.9. The van der Waals surface area contributed by atoms with Crippen LogP contribution < -0.4 is 10.1 Å². The fraction of sp³-hybridized carbons (Fsp3) is 0.562. The summed E-state index contributed by atoms with van der Waals surface area (Å²) in [7, 11) is 1.48. The Hall–Kier alpha value is -1.58. The quantitative estimate of drug-likeness (QED) is 0.853. The number of hydrogen-bond donors (Lipinski definition) is 1. The molecule has 2 aromatic rings. The van der Waals surface area contributed by atoms with Gasteiger partial charge in [-0.05, 0) is 62.7 Å². The summed E-state index contributed by atoms with van der Waals surface area (Å²) in [4.78, 5) is 15.8. The van der Waals surface area contributed by atoms with Gasteiger partial charge in [-0.15, -0.1) is 11.3 Å². The van der Waals surface area contributed by atoms with E-state index in [-0.39, 0.29) is 18.0 Å². The van der Waals surface area contributed by atoms with E-state index in [0.29, 0.717) is 22.1 Å². The number of hydrogen-bond acceptors (Lipinski definition) is 8. The van der Waals surface area contributed by atoms with Crippen LogP contribution in [-0.4, -0.2) is 53.3 Å².